The highest BCUT2D eigenvalue weighted by molar-refractivity contribution is 6.30. The molecule has 1 heterocycles. The van der Waals surface area contributed by atoms with Crippen LogP contribution in [0.5, 0.6) is 0 Å². The zero-order chi connectivity index (χ0) is 19.4. The van der Waals surface area contributed by atoms with E-state index < -0.39 is 17.5 Å². The molecule has 0 radical (unpaired) electrons. The van der Waals surface area contributed by atoms with Crippen molar-refractivity contribution in [1.82, 2.24) is 4.98 Å². The quantitative estimate of drug-likeness (QED) is 0.596. The van der Waals surface area contributed by atoms with E-state index >= 15 is 0 Å². The molecule has 0 aliphatic carbocycles. The second kappa shape index (κ2) is 8.09. The molecule has 27 heavy (non-hydrogen) atoms. The average Bonchev–Trinajstić information content (AvgIpc) is 2.65. The number of benzene rings is 2. The monoisotopic (exact) mass is 391 g/mol. The van der Waals surface area contributed by atoms with Crippen LogP contribution in [-0.4, -0.2) is 10.9 Å². The number of pyridine rings is 1. The summed E-state index contributed by atoms with van der Waals surface area (Å²) in [6.45, 7) is 0. The molecule has 0 bridgehead atoms. The number of nitrogens with one attached hydrogen (secondary N) is 2. The number of amides is 1. The molecular weight excluding hydrogens is 379 g/mol. The molecule has 3 aromatic rings. The van der Waals surface area contributed by atoms with Gasteiger partial charge in [-0.15, -0.1) is 0 Å². The molecule has 0 aliphatic heterocycles. The number of rotatable bonds is 5. The summed E-state index contributed by atoms with van der Waals surface area (Å²) < 4.78 is 39.9. The van der Waals surface area contributed by atoms with Crippen LogP contribution < -0.4 is 10.6 Å². The Balaban J connectivity index is 1.62. The third kappa shape index (κ3) is 4.77. The number of carbonyl (C=O) groups is 1. The lowest BCUT2D eigenvalue weighted by molar-refractivity contribution is -0.115. The van der Waals surface area contributed by atoms with Gasteiger partial charge in [0.15, 0.2) is 17.5 Å². The fourth-order valence-corrected chi connectivity index (χ4v) is 2.42. The summed E-state index contributed by atoms with van der Waals surface area (Å²) in [4.78, 5) is 16.1. The van der Waals surface area contributed by atoms with Crippen molar-refractivity contribution in [2.45, 2.75) is 6.42 Å². The van der Waals surface area contributed by atoms with Crippen LogP contribution in [0.1, 0.15) is 5.56 Å². The van der Waals surface area contributed by atoms with Crippen LogP contribution in [0, 0.1) is 17.5 Å². The predicted octanol–water partition coefficient (Wildman–Crippen LogP) is 5.08. The van der Waals surface area contributed by atoms with Gasteiger partial charge in [-0.25, -0.2) is 18.2 Å². The van der Waals surface area contributed by atoms with Crippen molar-refractivity contribution in [3.8, 4) is 0 Å². The minimum atomic E-state index is -1.56. The Morgan fingerprint density at radius 2 is 1.70 bits per heavy atom. The minimum absolute atomic E-state index is 0.152. The van der Waals surface area contributed by atoms with E-state index in [4.69, 9.17) is 11.6 Å². The van der Waals surface area contributed by atoms with Gasteiger partial charge in [-0.2, -0.15) is 0 Å². The molecule has 1 amide bonds. The van der Waals surface area contributed by atoms with E-state index in [1.807, 2.05) is 0 Å². The molecule has 0 atom stereocenters. The van der Waals surface area contributed by atoms with E-state index in [0.717, 1.165) is 17.7 Å². The lowest BCUT2D eigenvalue weighted by atomic mass is 10.1. The number of nitrogens with zero attached hydrogens (tertiary/aromatic N) is 1. The fourth-order valence-electron chi connectivity index (χ4n) is 2.29. The average molecular weight is 392 g/mol. The van der Waals surface area contributed by atoms with Crippen LogP contribution in [-0.2, 0) is 11.2 Å². The van der Waals surface area contributed by atoms with Gasteiger partial charge in [0.2, 0.25) is 5.91 Å². The summed E-state index contributed by atoms with van der Waals surface area (Å²) in [5.74, 6) is -4.12. The maximum Gasteiger partial charge on any atom is 0.229 e. The minimum Gasteiger partial charge on any atom is -0.352 e. The summed E-state index contributed by atoms with van der Waals surface area (Å²) in [6.07, 6.45) is 1.48. The van der Waals surface area contributed by atoms with Crippen molar-refractivity contribution in [1.29, 1.82) is 0 Å². The molecular formula is C19H13ClF3N3O. The predicted molar refractivity (Wildman–Crippen MR) is 97.6 cm³/mol. The molecule has 0 aliphatic rings. The molecule has 2 N–H and O–H groups in total. The highest BCUT2D eigenvalue weighted by atomic mass is 35.5. The maximum absolute atomic E-state index is 13.7. The van der Waals surface area contributed by atoms with E-state index in [9.17, 15) is 18.0 Å². The Kier molecular flexibility index (Phi) is 5.61. The molecule has 8 heteroatoms. The smallest absolute Gasteiger partial charge is 0.229 e. The molecule has 138 valence electrons. The van der Waals surface area contributed by atoms with Gasteiger partial charge in [0.1, 0.15) is 5.82 Å². The van der Waals surface area contributed by atoms with E-state index in [0.29, 0.717) is 16.5 Å². The number of anilines is 3. The van der Waals surface area contributed by atoms with Crippen molar-refractivity contribution in [2.75, 3.05) is 10.6 Å². The first-order chi connectivity index (χ1) is 12.9. The van der Waals surface area contributed by atoms with Gasteiger partial charge < -0.3 is 10.6 Å². The van der Waals surface area contributed by atoms with Gasteiger partial charge >= 0.3 is 0 Å². The maximum atomic E-state index is 13.7. The Bertz CT molecular complexity index is 963. The molecule has 0 saturated heterocycles. The first-order valence-electron chi connectivity index (χ1n) is 7.83. The highest BCUT2D eigenvalue weighted by Crippen LogP contribution is 2.23. The Labute approximate surface area is 158 Å². The molecule has 0 spiro atoms. The second-order valence-corrected chi connectivity index (χ2v) is 6.07. The number of halogens is 4. The van der Waals surface area contributed by atoms with Crippen molar-refractivity contribution in [3.05, 3.63) is 82.8 Å². The van der Waals surface area contributed by atoms with Crippen LogP contribution in [0.15, 0.2) is 54.7 Å². The summed E-state index contributed by atoms with van der Waals surface area (Å²) in [5, 5.41) is 5.81. The lowest BCUT2D eigenvalue weighted by Crippen LogP contribution is -2.15. The van der Waals surface area contributed by atoms with Gasteiger partial charge in [0.25, 0.3) is 0 Å². The van der Waals surface area contributed by atoms with Crippen LogP contribution in [0.4, 0.5) is 30.4 Å². The van der Waals surface area contributed by atoms with Crippen LogP contribution in [0.3, 0.4) is 0 Å². The number of hydrogen-bond acceptors (Lipinski definition) is 3. The van der Waals surface area contributed by atoms with E-state index in [1.165, 1.54) is 18.3 Å². The standard InChI is InChI=1S/C19H13ClF3N3O/c20-12-3-1-11(2-4-12)9-17(27)26-16-8-5-13(10-24-16)25-15-7-6-14(21)18(22)19(15)23/h1-8,10,25H,9H2,(H,24,26,27). The second-order valence-electron chi connectivity index (χ2n) is 5.63. The third-order valence-corrected chi connectivity index (χ3v) is 3.88. The number of carbonyl (C=O) groups excluding carboxylic acids is 1. The zero-order valence-corrected chi connectivity index (χ0v) is 14.5. The van der Waals surface area contributed by atoms with Crippen molar-refractivity contribution in [2.24, 2.45) is 0 Å². The lowest BCUT2D eigenvalue weighted by Gasteiger charge is -2.09. The third-order valence-electron chi connectivity index (χ3n) is 3.62. The molecule has 4 nitrogen and oxygen atoms in total. The molecule has 2 aromatic carbocycles. The Morgan fingerprint density at radius 3 is 2.37 bits per heavy atom. The zero-order valence-electron chi connectivity index (χ0n) is 13.8. The Hall–Kier alpha value is -3.06. The Morgan fingerprint density at radius 1 is 0.963 bits per heavy atom. The van der Waals surface area contributed by atoms with E-state index in [-0.39, 0.29) is 18.0 Å². The van der Waals surface area contributed by atoms with Crippen LogP contribution >= 0.6 is 11.6 Å². The van der Waals surface area contributed by atoms with Crippen LogP contribution in [0.2, 0.25) is 5.02 Å². The highest BCUT2D eigenvalue weighted by Gasteiger charge is 2.13. The van der Waals surface area contributed by atoms with Crippen molar-refractivity contribution >= 4 is 34.7 Å². The summed E-state index contributed by atoms with van der Waals surface area (Å²) in [6, 6.07) is 11.8. The van der Waals surface area contributed by atoms with Crippen molar-refractivity contribution < 1.29 is 18.0 Å². The van der Waals surface area contributed by atoms with Gasteiger partial charge in [-0.1, -0.05) is 23.7 Å². The summed E-state index contributed by atoms with van der Waals surface area (Å²) >= 11 is 5.80. The topological polar surface area (TPSA) is 54.0 Å². The van der Waals surface area contributed by atoms with Crippen LogP contribution in [0.25, 0.3) is 0 Å². The summed E-state index contributed by atoms with van der Waals surface area (Å²) in [7, 11) is 0. The molecule has 1 aromatic heterocycles. The normalized spacial score (nSPS) is 10.5. The number of hydrogen-bond donors (Lipinski definition) is 2. The molecule has 0 saturated carbocycles. The first kappa shape index (κ1) is 18.7. The molecule has 0 fully saturated rings. The summed E-state index contributed by atoms with van der Waals surface area (Å²) in [5.41, 5.74) is 0.912. The van der Waals surface area contributed by atoms with Gasteiger partial charge in [0.05, 0.1) is 24.0 Å². The fraction of sp³-hybridized carbons (Fsp3) is 0.0526. The SMILES string of the molecule is O=C(Cc1ccc(Cl)cc1)Nc1ccc(Nc2ccc(F)c(F)c2F)cn1. The van der Waals surface area contributed by atoms with Gasteiger partial charge in [-0.05, 0) is 42.0 Å². The largest absolute Gasteiger partial charge is 0.352 e. The van der Waals surface area contributed by atoms with E-state index in [2.05, 4.69) is 15.6 Å². The molecule has 3 rings (SSSR count). The van der Waals surface area contributed by atoms with Gasteiger partial charge in [0, 0.05) is 5.02 Å². The molecule has 0 unspecified atom stereocenters. The van der Waals surface area contributed by atoms with Gasteiger partial charge in [-0.3, -0.25) is 4.79 Å². The van der Waals surface area contributed by atoms with Crippen molar-refractivity contribution in [3.63, 3.8) is 0 Å². The first-order valence-corrected chi connectivity index (χ1v) is 8.21. The number of aromatic nitrogens is 1. The van der Waals surface area contributed by atoms with E-state index in [1.54, 1.807) is 24.3 Å².